The number of nitrogens with two attached hydrogens (primary N) is 1. The highest BCUT2D eigenvalue weighted by atomic mass is 15.3. The van der Waals surface area contributed by atoms with Crippen molar-refractivity contribution < 1.29 is 0 Å². The van der Waals surface area contributed by atoms with Gasteiger partial charge in [-0.25, -0.2) is 15.0 Å². The van der Waals surface area contributed by atoms with Gasteiger partial charge in [0.15, 0.2) is 17.0 Å². The second kappa shape index (κ2) is 10.7. The zero-order chi connectivity index (χ0) is 26.9. The molecule has 0 spiro atoms. The Morgan fingerprint density at radius 3 is 2.76 bits per heavy atom. The van der Waals surface area contributed by atoms with Gasteiger partial charge in [0.25, 0.3) is 0 Å². The van der Waals surface area contributed by atoms with E-state index in [2.05, 4.69) is 70.1 Å². The molecule has 0 bridgehead atoms. The smallest absolute Gasteiger partial charge is 0.183 e. The van der Waals surface area contributed by atoms with Gasteiger partial charge in [0.1, 0.15) is 5.82 Å². The van der Waals surface area contributed by atoms with Crippen LogP contribution < -0.4 is 20.9 Å². The SMILES string of the molecule is CCC(C)=C(NC=NC)c1ccc2c(n1)[C@@H](C)CCN2c1n[nH]c2nc(N3CCC(C)(CN)CC3)cnc12. The second-order valence-corrected chi connectivity index (χ2v) is 11.0. The van der Waals surface area contributed by atoms with Crippen molar-refractivity contribution in [1.82, 2.24) is 30.5 Å². The van der Waals surface area contributed by atoms with Crippen molar-refractivity contribution in [3.8, 4) is 0 Å². The van der Waals surface area contributed by atoms with Gasteiger partial charge in [-0.15, -0.1) is 0 Å². The maximum atomic E-state index is 5.99. The molecular weight excluding hydrogens is 476 g/mol. The molecule has 10 nitrogen and oxygen atoms in total. The van der Waals surface area contributed by atoms with Gasteiger partial charge in [0.2, 0.25) is 0 Å². The van der Waals surface area contributed by atoms with E-state index in [0.717, 1.165) is 91.8 Å². The Kier molecular flexibility index (Phi) is 7.34. The van der Waals surface area contributed by atoms with E-state index in [1.165, 1.54) is 5.57 Å². The molecule has 5 heterocycles. The van der Waals surface area contributed by atoms with E-state index in [1.807, 2.05) is 6.20 Å². The summed E-state index contributed by atoms with van der Waals surface area (Å²) in [5, 5.41) is 11.2. The molecule has 0 radical (unpaired) electrons. The van der Waals surface area contributed by atoms with Crippen LogP contribution in [0.1, 0.15) is 70.7 Å². The molecular formula is C28H40N10. The summed E-state index contributed by atoms with van der Waals surface area (Å²) in [5.41, 5.74) is 13.0. The van der Waals surface area contributed by atoms with Crippen molar-refractivity contribution >= 4 is 40.5 Å². The zero-order valence-electron chi connectivity index (χ0n) is 23.3. The zero-order valence-corrected chi connectivity index (χ0v) is 23.3. The van der Waals surface area contributed by atoms with Gasteiger partial charge in [-0.3, -0.25) is 10.1 Å². The van der Waals surface area contributed by atoms with E-state index in [0.29, 0.717) is 11.6 Å². The third kappa shape index (κ3) is 4.84. The Labute approximate surface area is 224 Å². The number of hydrogen-bond acceptors (Lipinski definition) is 8. The lowest BCUT2D eigenvalue weighted by molar-refractivity contribution is 0.258. The van der Waals surface area contributed by atoms with E-state index >= 15 is 0 Å². The molecule has 3 aromatic heterocycles. The number of fused-ring (bicyclic) bond motifs is 2. The minimum absolute atomic E-state index is 0.216. The Balaban J connectivity index is 1.45. The monoisotopic (exact) mass is 516 g/mol. The first-order chi connectivity index (χ1) is 18.4. The standard InChI is InChI=1S/C28H40N10/c1-6-18(2)23(32-17-30-5)20-7-8-21-24(33-20)19(3)9-12-38(21)27-25-26(35-36-27)34-22(15-31-25)37-13-10-28(4,16-29)11-14-37/h7-8,15,17,19H,6,9-14,16,29H2,1-5H3,(H,30,32)(H,34,35,36)/t19-/m0/s1. The summed E-state index contributed by atoms with van der Waals surface area (Å²) in [6, 6.07) is 4.24. The average molecular weight is 517 g/mol. The lowest BCUT2D eigenvalue weighted by atomic mass is 9.80. The average Bonchev–Trinajstić information content (AvgIpc) is 3.37. The van der Waals surface area contributed by atoms with Gasteiger partial charge in [0, 0.05) is 32.6 Å². The quantitative estimate of drug-likeness (QED) is 0.313. The van der Waals surface area contributed by atoms with Gasteiger partial charge < -0.3 is 20.9 Å². The number of anilines is 3. The molecule has 1 fully saturated rings. The molecule has 0 aliphatic carbocycles. The van der Waals surface area contributed by atoms with Crippen LogP contribution in [0.15, 0.2) is 28.9 Å². The fraction of sp³-hybridized carbons (Fsp3) is 0.536. The van der Waals surface area contributed by atoms with Crippen molar-refractivity contribution in [3.05, 3.63) is 35.3 Å². The van der Waals surface area contributed by atoms with E-state index in [9.17, 15) is 0 Å². The van der Waals surface area contributed by atoms with Crippen LogP contribution in [0.25, 0.3) is 16.9 Å². The van der Waals surface area contributed by atoms with Gasteiger partial charge in [-0.05, 0) is 62.3 Å². The molecule has 1 atom stereocenters. The summed E-state index contributed by atoms with van der Waals surface area (Å²) in [6.07, 6.45) is 7.63. The number of nitrogens with zero attached hydrogens (tertiary/aromatic N) is 7. The normalized spacial score (nSPS) is 20.1. The predicted octanol–water partition coefficient (Wildman–Crippen LogP) is 4.35. The van der Waals surface area contributed by atoms with Gasteiger partial charge in [-0.1, -0.05) is 20.8 Å². The number of nitrogens with one attached hydrogen (secondary N) is 2. The second-order valence-electron chi connectivity index (χ2n) is 11.0. The Bertz CT molecular complexity index is 1350. The van der Waals surface area contributed by atoms with Gasteiger partial charge in [-0.2, -0.15) is 5.10 Å². The third-order valence-electron chi connectivity index (χ3n) is 8.28. The molecule has 2 aliphatic rings. The topological polar surface area (TPSA) is 124 Å². The maximum Gasteiger partial charge on any atom is 0.183 e. The summed E-state index contributed by atoms with van der Waals surface area (Å²) >= 11 is 0. The first-order valence-corrected chi connectivity index (χ1v) is 13.7. The number of rotatable bonds is 7. The number of aromatic nitrogens is 5. The lowest BCUT2D eigenvalue weighted by Gasteiger charge is -2.39. The largest absolute Gasteiger partial charge is 0.355 e. The van der Waals surface area contributed by atoms with Crippen molar-refractivity contribution in [2.75, 3.05) is 43.0 Å². The van der Waals surface area contributed by atoms with E-state index in [1.54, 1.807) is 13.4 Å². The molecule has 0 unspecified atom stereocenters. The highest BCUT2D eigenvalue weighted by Gasteiger charge is 2.31. The van der Waals surface area contributed by atoms with Crippen LogP contribution in [0.4, 0.5) is 17.3 Å². The van der Waals surface area contributed by atoms with Gasteiger partial charge >= 0.3 is 0 Å². The molecule has 1 saturated heterocycles. The number of H-pyrrole nitrogens is 1. The fourth-order valence-electron chi connectivity index (χ4n) is 5.32. The number of aromatic amines is 1. The van der Waals surface area contributed by atoms with Crippen LogP contribution in [-0.2, 0) is 0 Å². The number of hydrogen-bond donors (Lipinski definition) is 3. The van der Waals surface area contributed by atoms with Crippen molar-refractivity contribution in [2.24, 2.45) is 16.1 Å². The Morgan fingerprint density at radius 2 is 2.05 bits per heavy atom. The van der Waals surface area contributed by atoms with E-state index in [4.69, 9.17) is 20.7 Å². The summed E-state index contributed by atoms with van der Waals surface area (Å²) in [6.45, 7) is 12.2. The molecule has 0 amide bonds. The first kappa shape index (κ1) is 26.1. The van der Waals surface area contributed by atoms with Crippen molar-refractivity contribution in [1.29, 1.82) is 0 Å². The molecule has 3 aromatic rings. The molecule has 10 heteroatoms. The van der Waals surface area contributed by atoms with E-state index in [-0.39, 0.29) is 5.41 Å². The molecule has 0 saturated carbocycles. The minimum Gasteiger partial charge on any atom is -0.355 e. The molecule has 5 rings (SSSR count). The lowest BCUT2D eigenvalue weighted by Crippen LogP contribution is -2.42. The van der Waals surface area contributed by atoms with E-state index < -0.39 is 0 Å². The third-order valence-corrected chi connectivity index (χ3v) is 8.28. The molecule has 4 N–H and O–H groups in total. The van der Waals surface area contributed by atoms with Crippen LogP contribution in [0, 0.1) is 5.41 Å². The van der Waals surface area contributed by atoms with Crippen molar-refractivity contribution in [2.45, 2.75) is 59.3 Å². The van der Waals surface area contributed by atoms with Crippen LogP contribution in [0.2, 0.25) is 0 Å². The number of allylic oxidation sites excluding steroid dienone is 1. The predicted molar refractivity (Wildman–Crippen MR) is 155 cm³/mol. The molecule has 2 aliphatic heterocycles. The number of aliphatic imine (C=N–C) groups is 1. The summed E-state index contributed by atoms with van der Waals surface area (Å²) < 4.78 is 0. The summed E-state index contributed by atoms with van der Waals surface area (Å²) in [7, 11) is 1.76. The highest BCUT2D eigenvalue weighted by molar-refractivity contribution is 5.88. The van der Waals surface area contributed by atoms with Crippen LogP contribution in [0.3, 0.4) is 0 Å². The Hall–Kier alpha value is -3.53. The van der Waals surface area contributed by atoms with Gasteiger partial charge in [0.05, 0.1) is 35.3 Å². The highest BCUT2D eigenvalue weighted by Crippen LogP contribution is 2.40. The van der Waals surface area contributed by atoms with Crippen molar-refractivity contribution in [3.63, 3.8) is 0 Å². The first-order valence-electron chi connectivity index (χ1n) is 13.7. The van der Waals surface area contributed by atoms with Crippen LogP contribution in [-0.4, -0.2) is 64.7 Å². The number of piperidine rings is 1. The molecule has 202 valence electrons. The summed E-state index contributed by atoms with van der Waals surface area (Å²) in [4.78, 5) is 23.5. The van der Waals surface area contributed by atoms with Crippen LogP contribution >= 0.6 is 0 Å². The molecule has 38 heavy (non-hydrogen) atoms. The maximum absolute atomic E-state index is 5.99. The Morgan fingerprint density at radius 1 is 1.26 bits per heavy atom. The molecule has 0 aromatic carbocycles. The number of pyridine rings is 1. The summed E-state index contributed by atoms with van der Waals surface area (Å²) in [5.74, 6) is 2.03. The van der Waals surface area contributed by atoms with Crippen LogP contribution in [0.5, 0.6) is 0 Å². The fourth-order valence-corrected chi connectivity index (χ4v) is 5.32. The minimum atomic E-state index is 0.216.